The minimum atomic E-state index is -7.22. The van der Waals surface area contributed by atoms with Crippen molar-refractivity contribution in [3.05, 3.63) is 223 Å². The number of nitrogens with zero attached hydrogens (tertiary/aromatic N) is 2. The lowest BCUT2D eigenvalue weighted by Crippen LogP contribution is -2.81. The average molecular weight is 1040 g/mol. The van der Waals surface area contributed by atoms with Gasteiger partial charge in [0.1, 0.15) is 58.4 Å². The van der Waals surface area contributed by atoms with E-state index in [1.807, 2.05) is 59.3 Å². The number of aromatic nitrogens is 1. The second-order valence-electron chi connectivity index (χ2n) is 15.0. The highest BCUT2D eigenvalue weighted by Gasteiger charge is 2.52. The summed E-state index contributed by atoms with van der Waals surface area (Å²) in [7, 11) is 0. The Morgan fingerprint density at radius 3 is 1.14 bits per heavy atom. The van der Waals surface area contributed by atoms with Gasteiger partial charge in [-0.25, -0.2) is 87.8 Å². The van der Waals surface area contributed by atoms with Crippen molar-refractivity contribution in [1.82, 2.24) is 0 Å². The highest BCUT2D eigenvalue weighted by atomic mass is 19.2. The van der Waals surface area contributed by atoms with E-state index in [9.17, 15) is 62.8 Å². The van der Waals surface area contributed by atoms with Crippen LogP contribution in [0.3, 0.4) is 0 Å². The molecule has 8 aromatic rings. The van der Waals surface area contributed by atoms with Crippen LogP contribution in [0.4, 0.5) is 93.5 Å². The first kappa shape index (κ1) is 51.7. The molecule has 0 saturated heterocycles. The van der Waals surface area contributed by atoms with E-state index in [1.165, 1.54) is 12.1 Å². The molecule has 1 heterocycles. The highest BCUT2D eigenvalue weighted by molar-refractivity contribution is 7.20. The largest absolute Gasteiger partial charge is 0.404 e. The molecule has 1 aromatic heterocycles. The third-order valence-corrected chi connectivity index (χ3v) is 11.0. The van der Waals surface area contributed by atoms with Crippen molar-refractivity contribution in [2.75, 3.05) is 0 Å². The maximum Gasteiger partial charge on any atom is 0.381 e. The number of hydrogen-bond acceptors (Lipinski definition) is 3. The standard InChI is InChI=1S/C24BF20.C22H17N2O3/c26-5-1(6(27)14(35)21(42)13(5)34)25(2-7(28)15(36)22(43)16(37)8(2)29,3-9(30)17(38)23(44)18(39)10(3)31)4-11(32)19(40)24(45)20(41)12(4)33;25-24(26)19-10-6-11-20(15-19)27-22-21-12-5-4-9-18(21)13-14-23(22)16-17-7-2-1-3-8-17/h;1-15H,16H2/q-1;+1. The highest BCUT2D eigenvalue weighted by Crippen LogP contribution is 2.32. The van der Waals surface area contributed by atoms with Gasteiger partial charge in [0.25, 0.3) is 5.69 Å². The lowest BCUT2D eigenvalue weighted by atomic mass is 9.12. The number of halogens is 20. The summed E-state index contributed by atoms with van der Waals surface area (Å²) in [6, 6.07) is 26.3. The minimum absolute atomic E-state index is 0.00217. The van der Waals surface area contributed by atoms with Crippen molar-refractivity contribution in [3.63, 3.8) is 0 Å². The molecule has 0 fully saturated rings. The van der Waals surface area contributed by atoms with Crippen molar-refractivity contribution in [2.24, 2.45) is 0 Å². The summed E-state index contributed by atoms with van der Waals surface area (Å²) in [6.45, 7) is 0.635. The maximum atomic E-state index is 15.4. The van der Waals surface area contributed by atoms with E-state index in [-0.39, 0.29) is 5.69 Å². The van der Waals surface area contributed by atoms with Crippen LogP contribution in [-0.4, -0.2) is 11.1 Å². The van der Waals surface area contributed by atoms with Crippen LogP contribution < -0.4 is 31.2 Å². The number of benzene rings is 7. The average Bonchev–Trinajstić information content (AvgIpc) is 3.37. The summed E-state index contributed by atoms with van der Waals surface area (Å²) >= 11 is 0. The van der Waals surface area contributed by atoms with Gasteiger partial charge < -0.3 is 4.74 Å². The summed E-state index contributed by atoms with van der Waals surface area (Å²) in [5, 5.41) is 13.1. The molecular formula is C46H17BF20N2O3. The minimum Gasteiger partial charge on any atom is -0.404 e. The summed E-state index contributed by atoms with van der Waals surface area (Å²) < 4.78 is 302. The maximum absolute atomic E-state index is 15.4. The summed E-state index contributed by atoms with van der Waals surface area (Å²) in [5.41, 5.74) is -13.2. The predicted molar refractivity (Wildman–Crippen MR) is 212 cm³/mol. The first-order valence-electron chi connectivity index (χ1n) is 19.5. The molecule has 0 spiro atoms. The molecular weight excluding hydrogens is 1020 g/mol. The molecule has 0 amide bonds. The van der Waals surface area contributed by atoms with E-state index in [4.69, 9.17) is 4.74 Å². The lowest BCUT2D eigenvalue weighted by Gasteiger charge is -2.44. The Bertz CT molecular complexity index is 3150. The number of nitro groups is 1. The van der Waals surface area contributed by atoms with E-state index in [0.29, 0.717) is 18.2 Å². The zero-order valence-corrected chi connectivity index (χ0v) is 34.6. The van der Waals surface area contributed by atoms with Crippen LogP contribution in [0.2, 0.25) is 0 Å². The zero-order valence-electron chi connectivity index (χ0n) is 34.6. The first-order valence-corrected chi connectivity index (χ1v) is 19.5. The van der Waals surface area contributed by atoms with Gasteiger partial charge in [-0.3, -0.25) is 10.1 Å². The molecule has 0 atom stereocenters. The summed E-state index contributed by atoms with van der Waals surface area (Å²) in [5.74, 6) is -70.3. The molecule has 5 nitrogen and oxygen atoms in total. The fourth-order valence-corrected chi connectivity index (χ4v) is 7.89. The number of non-ortho nitro benzene ring substituents is 1. The molecule has 72 heavy (non-hydrogen) atoms. The number of fused-ring (bicyclic) bond motifs is 1. The van der Waals surface area contributed by atoms with Crippen molar-refractivity contribution in [1.29, 1.82) is 0 Å². The molecule has 0 saturated carbocycles. The SMILES string of the molecule is Fc1c(F)c(F)c([B-](c2c(F)c(F)c(F)c(F)c2F)(c2c(F)c(F)c(F)c(F)c2F)c2c(F)c(F)c(F)c(F)c2F)c(F)c1F.O=[N+]([O-])c1cccc(Oc2c3ccccc3cc[n+]2Cc2ccccc2)c1. The van der Waals surface area contributed by atoms with Gasteiger partial charge >= 0.3 is 5.88 Å². The molecule has 7 aromatic carbocycles. The van der Waals surface area contributed by atoms with Gasteiger partial charge in [0, 0.05) is 17.7 Å². The summed E-state index contributed by atoms with van der Waals surface area (Å²) in [4.78, 5) is 10.6. The second-order valence-corrected chi connectivity index (χ2v) is 15.0. The topological polar surface area (TPSA) is 56.3 Å². The number of rotatable bonds is 9. The number of nitro benzene ring substituents is 1. The monoisotopic (exact) mass is 1040 g/mol. The van der Waals surface area contributed by atoms with E-state index >= 15 is 35.1 Å². The van der Waals surface area contributed by atoms with Crippen LogP contribution in [0.25, 0.3) is 10.8 Å². The van der Waals surface area contributed by atoms with Gasteiger partial charge in [0.05, 0.1) is 16.4 Å². The Balaban J connectivity index is 0.000000238. The number of hydrogen-bond donors (Lipinski definition) is 0. The van der Waals surface area contributed by atoms with Crippen LogP contribution in [0.5, 0.6) is 11.6 Å². The van der Waals surface area contributed by atoms with Crippen LogP contribution in [0.15, 0.2) is 91.1 Å². The second kappa shape index (κ2) is 19.5. The molecule has 0 aliphatic heterocycles. The fourth-order valence-electron chi connectivity index (χ4n) is 7.89. The molecule has 0 radical (unpaired) electrons. The quantitative estimate of drug-likeness (QED) is 0.0275. The van der Waals surface area contributed by atoms with Gasteiger partial charge in [0.15, 0.2) is 82.5 Å². The van der Waals surface area contributed by atoms with Crippen LogP contribution >= 0.6 is 0 Å². The first-order chi connectivity index (χ1) is 33.9. The molecule has 0 aliphatic rings. The third-order valence-electron chi connectivity index (χ3n) is 11.0. The molecule has 0 N–H and O–H groups in total. The van der Waals surface area contributed by atoms with Crippen molar-refractivity contribution in [2.45, 2.75) is 6.54 Å². The Kier molecular flexibility index (Phi) is 14.0. The fraction of sp³-hybridized carbons (Fsp3) is 0.0217. The van der Waals surface area contributed by atoms with Crippen molar-refractivity contribution >= 4 is 44.5 Å². The Morgan fingerprint density at radius 1 is 0.417 bits per heavy atom. The van der Waals surface area contributed by atoms with Gasteiger partial charge in [0.2, 0.25) is 0 Å². The van der Waals surface area contributed by atoms with Gasteiger partial charge in [-0.1, -0.05) is 54.6 Å². The van der Waals surface area contributed by atoms with Crippen molar-refractivity contribution < 1.29 is 102 Å². The smallest absolute Gasteiger partial charge is 0.381 e. The van der Waals surface area contributed by atoms with E-state index in [1.54, 1.807) is 12.1 Å². The zero-order chi connectivity index (χ0) is 53.0. The van der Waals surface area contributed by atoms with Gasteiger partial charge in [-0.2, -0.15) is 4.57 Å². The molecule has 0 bridgehead atoms. The van der Waals surface area contributed by atoms with Crippen LogP contribution in [0.1, 0.15) is 5.56 Å². The Hall–Kier alpha value is -8.19. The molecule has 0 unspecified atom stereocenters. The Labute approximate surface area is 387 Å². The molecule has 0 aliphatic carbocycles. The normalized spacial score (nSPS) is 11.5. The van der Waals surface area contributed by atoms with Crippen LogP contribution in [0, 0.1) is 126 Å². The number of ether oxygens (including phenoxy) is 1. The Morgan fingerprint density at radius 2 is 0.764 bits per heavy atom. The van der Waals surface area contributed by atoms with E-state index in [2.05, 4.69) is 12.1 Å². The van der Waals surface area contributed by atoms with Crippen molar-refractivity contribution in [3.8, 4) is 11.6 Å². The molecule has 372 valence electrons. The van der Waals surface area contributed by atoms with Gasteiger partial charge in [-0.05, 0) is 17.5 Å². The van der Waals surface area contributed by atoms with E-state index in [0.717, 1.165) is 16.3 Å². The van der Waals surface area contributed by atoms with Gasteiger partial charge in [-0.15, -0.1) is 21.9 Å². The van der Waals surface area contributed by atoms with E-state index < -0.39 is 149 Å². The predicted octanol–water partition coefficient (Wildman–Crippen LogP) is 10.7. The summed E-state index contributed by atoms with van der Waals surface area (Å²) in [6.07, 6.45) is -5.24. The number of pyridine rings is 1. The molecule has 8 rings (SSSR count). The third kappa shape index (κ3) is 8.32. The van der Waals surface area contributed by atoms with Crippen LogP contribution in [-0.2, 0) is 6.54 Å². The molecule has 26 heteroatoms. The lowest BCUT2D eigenvalue weighted by molar-refractivity contribution is -0.691.